The van der Waals surface area contributed by atoms with Gasteiger partial charge in [0.15, 0.2) is 0 Å². The van der Waals surface area contributed by atoms with Gasteiger partial charge in [0.2, 0.25) is 0 Å². The number of aryl methyl sites for hydroxylation is 1. The van der Waals surface area contributed by atoms with Crippen LogP contribution in [0.1, 0.15) is 17.3 Å². The minimum absolute atomic E-state index is 0.0646. The SMILES string of the molecule is CN(C)c1cccc(C(Cc2ccn(C)n2)NN)c1. The van der Waals surface area contributed by atoms with E-state index in [-0.39, 0.29) is 6.04 Å². The number of nitrogens with two attached hydrogens (primary N) is 1. The maximum atomic E-state index is 5.69. The van der Waals surface area contributed by atoms with Gasteiger partial charge in [0.05, 0.1) is 11.7 Å². The summed E-state index contributed by atoms with van der Waals surface area (Å²) < 4.78 is 1.80. The largest absolute Gasteiger partial charge is 0.378 e. The lowest BCUT2D eigenvalue weighted by Gasteiger charge is -2.18. The number of hydrogen-bond donors (Lipinski definition) is 2. The first-order valence-electron chi connectivity index (χ1n) is 6.32. The van der Waals surface area contributed by atoms with E-state index < -0.39 is 0 Å². The van der Waals surface area contributed by atoms with Crippen molar-refractivity contribution in [3.05, 3.63) is 47.8 Å². The third-order valence-corrected chi connectivity index (χ3v) is 3.17. The Kier molecular flexibility index (Phi) is 4.19. The molecule has 0 amide bonds. The zero-order valence-electron chi connectivity index (χ0n) is 11.7. The first-order chi connectivity index (χ1) is 9.10. The second-order valence-electron chi connectivity index (χ2n) is 4.89. The molecule has 102 valence electrons. The molecule has 0 spiro atoms. The summed E-state index contributed by atoms with van der Waals surface area (Å²) in [6.07, 6.45) is 2.72. The van der Waals surface area contributed by atoms with Crippen LogP contribution in [0.25, 0.3) is 0 Å². The van der Waals surface area contributed by atoms with E-state index in [4.69, 9.17) is 5.84 Å². The molecule has 19 heavy (non-hydrogen) atoms. The van der Waals surface area contributed by atoms with Crippen LogP contribution in [-0.4, -0.2) is 23.9 Å². The van der Waals surface area contributed by atoms with Crippen molar-refractivity contribution in [1.29, 1.82) is 0 Å². The molecule has 0 radical (unpaired) electrons. The minimum Gasteiger partial charge on any atom is -0.378 e. The Hall–Kier alpha value is -1.85. The maximum Gasteiger partial charge on any atom is 0.0643 e. The normalized spacial score (nSPS) is 12.4. The van der Waals surface area contributed by atoms with Gasteiger partial charge in [-0.1, -0.05) is 12.1 Å². The fourth-order valence-corrected chi connectivity index (χ4v) is 2.07. The van der Waals surface area contributed by atoms with Crippen LogP contribution in [-0.2, 0) is 13.5 Å². The highest BCUT2D eigenvalue weighted by molar-refractivity contribution is 5.48. The molecule has 1 atom stereocenters. The van der Waals surface area contributed by atoms with Gasteiger partial charge in [-0.2, -0.15) is 5.10 Å². The number of anilines is 1. The van der Waals surface area contributed by atoms with Crippen LogP contribution in [0.2, 0.25) is 0 Å². The quantitative estimate of drug-likeness (QED) is 0.626. The van der Waals surface area contributed by atoms with Gasteiger partial charge in [-0.25, -0.2) is 0 Å². The lowest BCUT2D eigenvalue weighted by Crippen LogP contribution is -2.29. The van der Waals surface area contributed by atoms with Gasteiger partial charge in [-0.3, -0.25) is 16.0 Å². The third kappa shape index (κ3) is 3.33. The summed E-state index contributed by atoms with van der Waals surface area (Å²) in [6.45, 7) is 0. The predicted octanol–water partition coefficient (Wildman–Crippen LogP) is 1.23. The average molecular weight is 259 g/mol. The molecule has 5 heteroatoms. The van der Waals surface area contributed by atoms with Crippen LogP contribution in [0.15, 0.2) is 36.5 Å². The molecule has 3 N–H and O–H groups in total. The summed E-state index contributed by atoms with van der Waals surface area (Å²) in [5.74, 6) is 5.69. The average Bonchev–Trinajstić information content (AvgIpc) is 2.81. The van der Waals surface area contributed by atoms with Crippen LogP contribution in [0.4, 0.5) is 5.69 Å². The molecule has 2 rings (SSSR count). The second-order valence-corrected chi connectivity index (χ2v) is 4.89. The van der Waals surface area contributed by atoms with Gasteiger partial charge < -0.3 is 4.90 Å². The zero-order valence-corrected chi connectivity index (χ0v) is 11.7. The molecule has 0 aliphatic rings. The van der Waals surface area contributed by atoms with Crippen LogP contribution in [0, 0.1) is 0 Å². The molecular weight excluding hydrogens is 238 g/mol. The Bertz CT molecular complexity index is 532. The van der Waals surface area contributed by atoms with Gasteiger partial charge in [0.1, 0.15) is 0 Å². The van der Waals surface area contributed by atoms with E-state index in [0.717, 1.165) is 12.1 Å². The molecule has 1 aromatic heterocycles. The molecule has 0 fully saturated rings. The first kappa shape index (κ1) is 13.6. The Labute approximate surface area is 114 Å². The number of nitrogens with one attached hydrogen (secondary N) is 1. The first-order valence-corrected chi connectivity index (χ1v) is 6.32. The predicted molar refractivity (Wildman–Crippen MR) is 77.7 cm³/mol. The monoisotopic (exact) mass is 259 g/mol. The van der Waals surface area contributed by atoms with Gasteiger partial charge >= 0.3 is 0 Å². The fraction of sp³-hybridized carbons (Fsp3) is 0.357. The van der Waals surface area contributed by atoms with Crippen molar-refractivity contribution in [3.8, 4) is 0 Å². The zero-order chi connectivity index (χ0) is 13.8. The highest BCUT2D eigenvalue weighted by Gasteiger charge is 2.13. The topological polar surface area (TPSA) is 59.1 Å². The highest BCUT2D eigenvalue weighted by atomic mass is 15.3. The molecule has 5 nitrogen and oxygen atoms in total. The van der Waals surface area contributed by atoms with Gasteiger partial charge in [-0.05, 0) is 23.8 Å². The molecule has 1 unspecified atom stereocenters. The fourth-order valence-electron chi connectivity index (χ4n) is 2.07. The number of nitrogens with zero attached hydrogens (tertiary/aromatic N) is 3. The Morgan fingerprint density at radius 2 is 2.16 bits per heavy atom. The number of aromatic nitrogens is 2. The molecule has 0 aliphatic carbocycles. The molecular formula is C14H21N5. The minimum atomic E-state index is 0.0646. The summed E-state index contributed by atoms with van der Waals surface area (Å²) in [7, 11) is 5.98. The second kappa shape index (κ2) is 5.86. The Morgan fingerprint density at radius 3 is 2.74 bits per heavy atom. The van der Waals surface area contributed by atoms with Crippen LogP contribution >= 0.6 is 0 Å². The molecule has 0 aliphatic heterocycles. The summed E-state index contributed by atoms with van der Waals surface area (Å²) in [5.41, 5.74) is 6.23. The van der Waals surface area contributed by atoms with E-state index in [9.17, 15) is 0 Å². The van der Waals surface area contributed by atoms with Gasteiger partial charge in [0, 0.05) is 39.4 Å². The van der Waals surface area contributed by atoms with Crippen molar-refractivity contribution in [2.75, 3.05) is 19.0 Å². The molecule has 0 saturated carbocycles. The van der Waals surface area contributed by atoms with Crippen molar-refractivity contribution in [2.24, 2.45) is 12.9 Å². The smallest absolute Gasteiger partial charge is 0.0643 e. The third-order valence-electron chi connectivity index (χ3n) is 3.17. The van der Waals surface area contributed by atoms with E-state index >= 15 is 0 Å². The van der Waals surface area contributed by atoms with E-state index in [1.165, 1.54) is 11.3 Å². The standard InChI is InChI=1S/C14H21N5/c1-18(2)13-6-4-5-11(9-13)14(16-15)10-12-7-8-19(3)17-12/h4-9,14,16H,10,15H2,1-3H3. The molecule has 0 bridgehead atoms. The molecule has 1 heterocycles. The number of rotatable bonds is 5. The summed E-state index contributed by atoms with van der Waals surface area (Å²) in [6, 6.07) is 10.4. The molecule has 2 aromatic rings. The molecule has 1 aromatic carbocycles. The lowest BCUT2D eigenvalue weighted by atomic mass is 10.0. The van der Waals surface area contributed by atoms with Crippen molar-refractivity contribution in [2.45, 2.75) is 12.5 Å². The van der Waals surface area contributed by atoms with Crippen molar-refractivity contribution in [1.82, 2.24) is 15.2 Å². The van der Waals surface area contributed by atoms with Gasteiger partial charge in [-0.15, -0.1) is 0 Å². The Balaban J connectivity index is 2.19. The number of benzene rings is 1. The summed E-state index contributed by atoms with van der Waals surface area (Å²) in [4.78, 5) is 2.08. The maximum absolute atomic E-state index is 5.69. The van der Waals surface area contributed by atoms with Crippen molar-refractivity contribution < 1.29 is 0 Å². The Morgan fingerprint density at radius 1 is 1.37 bits per heavy atom. The number of hydrogen-bond acceptors (Lipinski definition) is 4. The summed E-state index contributed by atoms with van der Waals surface area (Å²) in [5, 5.41) is 4.39. The van der Waals surface area contributed by atoms with Gasteiger partial charge in [0.25, 0.3) is 0 Å². The van der Waals surface area contributed by atoms with Crippen molar-refractivity contribution in [3.63, 3.8) is 0 Å². The van der Waals surface area contributed by atoms with Crippen LogP contribution in [0.5, 0.6) is 0 Å². The lowest BCUT2D eigenvalue weighted by molar-refractivity contribution is 0.541. The van der Waals surface area contributed by atoms with E-state index in [0.29, 0.717) is 0 Å². The van der Waals surface area contributed by atoms with E-state index in [1.807, 2.05) is 39.5 Å². The van der Waals surface area contributed by atoms with E-state index in [2.05, 4.69) is 33.6 Å². The summed E-state index contributed by atoms with van der Waals surface area (Å²) >= 11 is 0. The van der Waals surface area contributed by atoms with Crippen molar-refractivity contribution >= 4 is 5.69 Å². The number of hydrazine groups is 1. The highest BCUT2D eigenvalue weighted by Crippen LogP contribution is 2.21. The van der Waals surface area contributed by atoms with E-state index in [1.54, 1.807) is 4.68 Å². The van der Waals surface area contributed by atoms with Crippen LogP contribution < -0.4 is 16.2 Å². The molecule has 0 saturated heterocycles. The van der Waals surface area contributed by atoms with Crippen LogP contribution in [0.3, 0.4) is 0 Å².